The maximum Gasteiger partial charge on any atom is 0.256 e. The number of carbonyl (C=O) groups is 2. The second-order valence-electron chi connectivity index (χ2n) is 9.21. The molecule has 3 heterocycles. The van der Waals surface area contributed by atoms with Crippen LogP contribution in [0.2, 0.25) is 0 Å². The lowest BCUT2D eigenvalue weighted by molar-refractivity contribution is -0.120. The van der Waals surface area contributed by atoms with Crippen LogP contribution in [-0.4, -0.2) is 66.8 Å². The Morgan fingerprint density at radius 1 is 0.946 bits per heavy atom. The number of hydrogen-bond donors (Lipinski definition) is 1. The van der Waals surface area contributed by atoms with Gasteiger partial charge in [0, 0.05) is 38.1 Å². The molecule has 5 rings (SSSR count). The molecule has 0 bridgehead atoms. The summed E-state index contributed by atoms with van der Waals surface area (Å²) in [6, 6.07) is 15.6. The summed E-state index contributed by atoms with van der Waals surface area (Å²) >= 11 is 0. The first-order chi connectivity index (χ1) is 17.8. The fourth-order valence-corrected chi connectivity index (χ4v) is 6.36. The van der Waals surface area contributed by atoms with Crippen LogP contribution >= 0.6 is 0 Å². The van der Waals surface area contributed by atoms with E-state index in [0.29, 0.717) is 18.8 Å². The monoisotopic (exact) mass is 523 g/mol. The minimum Gasteiger partial charge on any atom is -0.353 e. The summed E-state index contributed by atoms with van der Waals surface area (Å²) in [5.41, 5.74) is 0.511. The highest BCUT2D eigenvalue weighted by Crippen LogP contribution is 2.27. The molecule has 2 aromatic carbocycles. The van der Waals surface area contributed by atoms with Gasteiger partial charge in [-0.25, -0.2) is 12.8 Å². The van der Waals surface area contributed by atoms with E-state index in [-0.39, 0.29) is 48.2 Å². The number of likely N-dealkylation sites (tertiary alicyclic amines) is 1. The summed E-state index contributed by atoms with van der Waals surface area (Å²) in [6.45, 7) is 1.54. The molecule has 37 heavy (non-hydrogen) atoms. The van der Waals surface area contributed by atoms with Gasteiger partial charge in [-0.05, 0) is 61.4 Å². The second kappa shape index (κ2) is 10.3. The molecular weight excluding hydrogens is 497 g/mol. The number of aromatic nitrogens is 2. The lowest BCUT2D eigenvalue weighted by atomic mass is 9.99. The van der Waals surface area contributed by atoms with Gasteiger partial charge in [0.15, 0.2) is 15.7 Å². The van der Waals surface area contributed by atoms with Gasteiger partial charge < -0.3 is 15.1 Å². The van der Waals surface area contributed by atoms with Crippen LogP contribution in [-0.2, 0) is 14.6 Å². The highest BCUT2D eigenvalue weighted by atomic mass is 32.2. The predicted octanol–water partition coefficient (Wildman–Crippen LogP) is 2.77. The van der Waals surface area contributed by atoms with Gasteiger partial charge in [-0.2, -0.15) is 5.10 Å². The Labute approximate surface area is 214 Å². The van der Waals surface area contributed by atoms with Crippen LogP contribution in [0.5, 0.6) is 0 Å². The van der Waals surface area contributed by atoms with Crippen molar-refractivity contribution >= 4 is 33.2 Å². The van der Waals surface area contributed by atoms with Crippen LogP contribution in [0, 0.1) is 11.7 Å². The largest absolute Gasteiger partial charge is 0.353 e. The van der Waals surface area contributed by atoms with E-state index in [1.807, 2.05) is 11.0 Å². The summed E-state index contributed by atoms with van der Waals surface area (Å²) in [4.78, 5) is 28.8. The molecule has 0 atom stereocenters. The van der Waals surface area contributed by atoms with Crippen LogP contribution in [0.15, 0.2) is 71.8 Å². The van der Waals surface area contributed by atoms with E-state index in [1.165, 1.54) is 35.2 Å². The molecule has 1 N–H and O–H groups in total. The van der Waals surface area contributed by atoms with Gasteiger partial charge in [0.2, 0.25) is 5.91 Å². The van der Waals surface area contributed by atoms with Crippen LogP contribution in [0.25, 0.3) is 0 Å². The van der Waals surface area contributed by atoms with Gasteiger partial charge in [0.05, 0.1) is 21.6 Å². The molecule has 3 aromatic rings. The first-order valence-electron chi connectivity index (χ1n) is 12.0. The maximum atomic E-state index is 14.0. The molecule has 0 saturated carbocycles. The third-order valence-electron chi connectivity index (χ3n) is 6.86. The summed E-state index contributed by atoms with van der Waals surface area (Å²) < 4.78 is 40.4. The lowest BCUT2D eigenvalue weighted by Crippen LogP contribution is -2.52. The molecule has 1 aromatic heterocycles. The van der Waals surface area contributed by atoms with Crippen molar-refractivity contribution in [1.29, 1.82) is 0 Å². The van der Waals surface area contributed by atoms with Crippen LogP contribution in [0.4, 0.5) is 15.9 Å². The van der Waals surface area contributed by atoms with Crippen LogP contribution in [0.3, 0.4) is 0 Å². The molecule has 0 spiro atoms. The number of halogens is 1. The molecule has 2 amide bonds. The van der Waals surface area contributed by atoms with Crippen molar-refractivity contribution in [3.05, 3.63) is 78.2 Å². The van der Waals surface area contributed by atoms with E-state index < -0.39 is 26.8 Å². The van der Waals surface area contributed by atoms with Crippen molar-refractivity contribution in [3.8, 4) is 0 Å². The molecule has 9 nitrogen and oxygen atoms in total. The van der Waals surface area contributed by atoms with Crippen molar-refractivity contribution in [2.45, 2.75) is 23.0 Å². The summed E-state index contributed by atoms with van der Waals surface area (Å²) in [5, 5.41) is 10.1. The van der Waals surface area contributed by atoms with Crippen molar-refractivity contribution in [2.75, 3.05) is 36.4 Å². The van der Waals surface area contributed by atoms with Crippen LogP contribution in [0.1, 0.15) is 23.2 Å². The Kier molecular flexibility index (Phi) is 6.88. The normalized spacial score (nSPS) is 16.8. The average Bonchev–Trinajstić information content (AvgIpc) is 2.89. The van der Waals surface area contributed by atoms with Crippen molar-refractivity contribution in [1.82, 2.24) is 15.1 Å². The number of nitrogens with one attached hydrogen (secondary N) is 1. The molecule has 11 heteroatoms. The number of sulfone groups is 1. The molecular formula is C26H26FN5O4S. The molecule has 2 fully saturated rings. The Hall–Kier alpha value is -3.86. The standard InChI is InChI=1S/C26H26FN5O4S/c27-23-5-2-1-4-22(23)26(34)31-14-11-21(12-15-31)37(35,36)20-9-7-19(8-10-20)29-25(33)18-16-32(17-18)24-6-3-13-28-30-24/h1-10,13,18,21H,11-12,14-17H2,(H,29,33). The van der Waals surface area contributed by atoms with Gasteiger partial charge in [-0.3, -0.25) is 9.59 Å². The Morgan fingerprint density at radius 3 is 2.30 bits per heavy atom. The Morgan fingerprint density at radius 2 is 1.65 bits per heavy atom. The Bertz CT molecular complexity index is 1390. The molecule has 2 saturated heterocycles. The Balaban J connectivity index is 1.15. The topological polar surface area (TPSA) is 113 Å². The number of benzene rings is 2. The first-order valence-corrected chi connectivity index (χ1v) is 13.6. The predicted molar refractivity (Wildman–Crippen MR) is 135 cm³/mol. The molecule has 2 aliphatic heterocycles. The summed E-state index contributed by atoms with van der Waals surface area (Å²) in [5.74, 6) is -0.622. The number of piperidine rings is 1. The second-order valence-corrected chi connectivity index (χ2v) is 11.4. The third kappa shape index (κ3) is 5.17. The SMILES string of the molecule is O=C(Nc1ccc(S(=O)(=O)C2CCN(C(=O)c3ccccc3F)CC2)cc1)C1CN(c2cccnn2)C1. The van der Waals surface area contributed by atoms with Crippen molar-refractivity contribution < 1.29 is 22.4 Å². The summed E-state index contributed by atoms with van der Waals surface area (Å²) in [6.07, 6.45) is 2.13. The fraction of sp³-hybridized carbons (Fsp3) is 0.308. The summed E-state index contributed by atoms with van der Waals surface area (Å²) in [7, 11) is -3.62. The highest BCUT2D eigenvalue weighted by molar-refractivity contribution is 7.92. The number of anilines is 2. The number of nitrogens with zero attached hydrogens (tertiary/aromatic N) is 4. The zero-order chi connectivity index (χ0) is 26.0. The van der Waals surface area contributed by atoms with E-state index >= 15 is 0 Å². The zero-order valence-electron chi connectivity index (χ0n) is 20.0. The molecule has 0 radical (unpaired) electrons. The lowest BCUT2D eigenvalue weighted by Gasteiger charge is -2.38. The fourth-order valence-electron chi connectivity index (χ4n) is 4.63. The minimum absolute atomic E-state index is 0.00945. The molecule has 2 aliphatic rings. The number of rotatable bonds is 6. The van der Waals surface area contributed by atoms with E-state index in [0.717, 1.165) is 5.82 Å². The van der Waals surface area contributed by atoms with Crippen LogP contribution < -0.4 is 10.2 Å². The quantitative estimate of drug-likeness (QED) is 0.529. The molecule has 192 valence electrons. The smallest absolute Gasteiger partial charge is 0.256 e. The van der Waals surface area contributed by atoms with Gasteiger partial charge in [-0.1, -0.05) is 12.1 Å². The average molecular weight is 524 g/mol. The molecule has 0 aliphatic carbocycles. The van der Waals surface area contributed by atoms with Gasteiger partial charge in [-0.15, -0.1) is 5.10 Å². The van der Waals surface area contributed by atoms with Gasteiger partial charge >= 0.3 is 0 Å². The number of carbonyl (C=O) groups excluding carboxylic acids is 2. The number of hydrogen-bond acceptors (Lipinski definition) is 7. The van der Waals surface area contributed by atoms with E-state index in [1.54, 1.807) is 30.5 Å². The number of amides is 2. The molecule has 0 unspecified atom stereocenters. The third-order valence-corrected chi connectivity index (χ3v) is 9.14. The maximum absolute atomic E-state index is 14.0. The van der Waals surface area contributed by atoms with Crippen molar-refractivity contribution in [2.24, 2.45) is 5.92 Å². The van der Waals surface area contributed by atoms with E-state index in [4.69, 9.17) is 0 Å². The van der Waals surface area contributed by atoms with E-state index in [2.05, 4.69) is 15.5 Å². The zero-order valence-corrected chi connectivity index (χ0v) is 20.8. The van der Waals surface area contributed by atoms with Crippen molar-refractivity contribution in [3.63, 3.8) is 0 Å². The minimum atomic E-state index is -3.62. The highest BCUT2D eigenvalue weighted by Gasteiger charge is 2.35. The van der Waals surface area contributed by atoms with E-state index in [9.17, 15) is 22.4 Å². The van der Waals surface area contributed by atoms with Gasteiger partial charge in [0.1, 0.15) is 5.82 Å². The first kappa shape index (κ1) is 24.8. The van der Waals surface area contributed by atoms with Gasteiger partial charge in [0.25, 0.3) is 5.91 Å².